The molecule has 0 amide bonds. The zero-order chi connectivity index (χ0) is 13.4. The van der Waals surface area contributed by atoms with E-state index in [1.807, 2.05) is 38.1 Å². The van der Waals surface area contributed by atoms with Gasteiger partial charge in [0.25, 0.3) is 0 Å². The highest BCUT2D eigenvalue weighted by Gasteiger charge is 2.15. The molecule has 1 aliphatic heterocycles. The quantitative estimate of drug-likeness (QED) is 0.893. The zero-order valence-electron chi connectivity index (χ0n) is 10.9. The molecule has 1 aliphatic rings. The number of hydrogen-bond acceptors (Lipinski definition) is 5. The molecule has 0 saturated heterocycles. The van der Waals surface area contributed by atoms with Crippen LogP contribution in [-0.2, 0) is 0 Å². The molecule has 5 heteroatoms. The monoisotopic (exact) mass is 257 g/mol. The predicted octanol–water partition coefficient (Wildman–Crippen LogP) is 2.20. The molecule has 98 valence electrons. The minimum atomic E-state index is -0.187. The van der Waals surface area contributed by atoms with Gasteiger partial charge in [-0.25, -0.2) is 9.97 Å². The van der Waals surface area contributed by atoms with Crippen molar-refractivity contribution in [3.63, 3.8) is 0 Å². The molecule has 0 saturated carbocycles. The van der Waals surface area contributed by atoms with E-state index in [1.165, 1.54) is 0 Å². The zero-order valence-corrected chi connectivity index (χ0v) is 10.9. The molecule has 2 N–H and O–H groups in total. The molecule has 2 heterocycles. The average molecular weight is 257 g/mol. The lowest BCUT2D eigenvalue weighted by Crippen LogP contribution is -2.11. The highest BCUT2D eigenvalue weighted by Crippen LogP contribution is 2.35. The summed E-state index contributed by atoms with van der Waals surface area (Å²) >= 11 is 0. The van der Waals surface area contributed by atoms with Gasteiger partial charge in [-0.2, -0.15) is 0 Å². The second-order valence-electron chi connectivity index (χ2n) is 4.61. The highest BCUT2D eigenvalue weighted by atomic mass is 16.7. The Morgan fingerprint density at radius 1 is 1.16 bits per heavy atom. The number of fused-ring (bicyclic) bond motifs is 1. The first kappa shape index (κ1) is 11.9. The first-order valence-corrected chi connectivity index (χ1v) is 6.14. The minimum Gasteiger partial charge on any atom is -0.454 e. The first-order chi connectivity index (χ1) is 9.13. The smallest absolute Gasteiger partial charge is 0.231 e. The molecule has 0 fully saturated rings. The summed E-state index contributed by atoms with van der Waals surface area (Å²) in [4.78, 5) is 8.84. The Hall–Kier alpha value is -2.14. The fraction of sp³-hybridized carbons (Fsp3) is 0.286. The summed E-state index contributed by atoms with van der Waals surface area (Å²) in [5, 5.41) is 0. The van der Waals surface area contributed by atoms with Crippen LogP contribution in [0.15, 0.2) is 24.3 Å². The van der Waals surface area contributed by atoms with E-state index in [9.17, 15) is 0 Å². The van der Waals surface area contributed by atoms with Gasteiger partial charge in [0, 0.05) is 11.3 Å². The van der Waals surface area contributed by atoms with Crippen LogP contribution in [0.1, 0.15) is 24.5 Å². The van der Waals surface area contributed by atoms with Crippen LogP contribution in [-0.4, -0.2) is 16.8 Å². The number of aryl methyl sites for hydroxylation is 1. The molecule has 0 spiro atoms. The summed E-state index contributed by atoms with van der Waals surface area (Å²) < 4.78 is 10.7. The maximum atomic E-state index is 5.85. The molecule has 1 aromatic heterocycles. The Bertz CT molecular complexity index is 626. The number of hydrogen-bond donors (Lipinski definition) is 1. The van der Waals surface area contributed by atoms with E-state index >= 15 is 0 Å². The topological polar surface area (TPSA) is 70.3 Å². The number of aromatic nitrogens is 2. The van der Waals surface area contributed by atoms with E-state index in [4.69, 9.17) is 15.2 Å². The standard InChI is InChI=1S/C14H15N3O2/c1-8-5-11(17-14(16-8)9(2)15)10-3-4-12-13(6-10)19-7-18-12/h3-6,9H,7,15H2,1-2H3. The van der Waals surface area contributed by atoms with Crippen LogP contribution in [0, 0.1) is 6.92 Å². The lowest BCUT2D eigenvalue weighted by atomic mass is 10.1. The Kier molecular flexibility index (Phi) is 2.83. The maximum Gasteiger partial charge on any atom is 0.231 e. The summed E-state index contributed by atoms with van der Waals surface area (Å²) in [6, 6.07) is 7.52. The van der Waals surface area contributed by atoms with Gasteiger partial charge in [0.2, 0.25) is 6.79 Å². The van der Waals surface area contributed by atoms with E-state index in [2.05, 4.69) is 9.97 Å². The lowest BCUT2D eigenvalue weighted by Gasteiger charge is -2.09. The van der Waals surface area contributed by atoms with Crippen LogP contribution in [0.5, 0.6) is 11.5 Å². The summed E-state index contributed by atoms with van der Waals surface area (Å²) in [6.07, 6.45) is 0. The van der Waals surface area contributed by atoms with Gasteiger partial charge in [-0.3, -0.25) is 0 Å². The molecule has 1 atom stereocenters. The second kappa shape index (κ2) is 4.51. The van der Waals surface area contributed by atoms with Gasteiger partial charge in [0.05, 0.1) is 11.7 Å². The maximum absolute atomic E-state index is 5.85. The summed E-state index contributed by atoms with van der Waals surface area (Å²) in [5.74, 6) is 2.16. The van der Waals surface area contributed by atoms with Gasteiger partial charge < -0.3 is 15.2 Å². The number of rotatable bonds is 2. The molecule has 0 aliphatic carbocycles. The van der Waals surface area contributed by atoms with E-state index in [1.54, 1.807) is 0 Å². The van der Waals surface area contributed by atoms with Gasteiger partial charge in [-0.05, 0) is 38.1 Å². The highest BCUT2D eigenvalue weighted by molar-refractivity contribution is 5.64. The molecular weight excluding hydrogens is 242 g/mol. The van der Waals surface area contributed by atoms with Crippen LogP contribution in [0.3, 0.4) is 0 Å². The van der Waals surface area contributed by atoms with Gasteiger partial charge in [-0.15, -0.1) is 0 Å². The van der Waals surface area contributed by atoms with Crippen molar-refractivity contribution in [1.29, 1.82) is 0 Å². The molecule has 1 unspecified atom stereocenters. The average Bonchev–Trinajstić information content (AvgIpc) is 2.85. The number of benzene rings is 1. The predicted molar refractivity (Wildman–Crippen MR) is 70.9 cm³/mol. The van der Waals surface area contributed by atoms with Crippen molar-refractivity contribution in [3.05, 3.63) is 35.8 Å². The third kappa shape index (κ3) is 2.24. The van der Waals surface area contributed by atoms with Gasteiger partial charge in [0.15, 0.2) is 11.5 Å². The normalized spacial score (nSPS) is 14.5. The number of nitrogens with zero attached hydrogens (tertiary/aromatic N) is 2. The van der Waals surface area contributed by atoms with E-state index in [0.717, 1.165) is 28.5 Å². The molecule has 0 radical (unpaired) electrons. The van der Waals surface area contributed by atoms with Gasteiger partial charge in [-0.1, -0.05) is 0 Å². The van der Waals surface area contributed by atoms with Crippen molar-refractivity contribution >= 4 is 0 Å². The van der Waals surface area contributed by atoms with Crippen LogP contribution in [0.25, 0.3) is 11.3 Å². The van der Waals surface area contributed by atoms with Crippen molar-refractivity contribution in [2.45, 2.75) is 19.9 Å². The van der Waals surface area contributed by atoms with Crippen LogP contribution in [0.4, 0.5) is 0 Å². The fourth-order valence-corrected chi connectivity index (χ4v) is 2.00. The second-order valence-corrected chi connectivity index (χ2v) is 4.61. The number of nitrogens with two attached hydrogens (primary N) is 1. The Balaban J connectivity index is 2.06. The SMILES string of the molecule is Cc1cc(-c2ccc3c(c2)OCO3)nc(C(C)N)n1. The summed E-state index contributed by atoms with van der Waals surface area (Å²) in [5.41, 5.74) is 8.56. The third-order valence-electron chi connectivity index (χ3n) is 2.95. The first-order valence-electron chi connectivity index (χ1n) is 6.14. The number of ether oxygens (including phenoxy) is 2. The minimum absolute atomic E-state index is 0.187. The Labute approximate surface area is 111 Å². The molecule has 0 bridgehead atoms. The van der Waals surface area contributed by atoms with Gasteiger partial charge in [0.1, 0.15) is 5.82 Å². The van der Waals surface area contributed by atoms with E-state index < -0.39 is 0 Å². The molecule has 5 nitrogen and oxygen atoms in total. The molecule has 1 aromatic carbocycles. The van der Waals surface area contributed by atoms with Crippen molar-refractivity contribution in [2.75, 3.05) is 6.79 Å². The molecule has 3 rings (SSSR count). The van der Waals surface area contributed by atoms with Crippen molar-refractivity contribution in [3.8, 4) is 22.8 Å². The Morgan fingerprint density at radius 3 is 2.74 bits per heavy atom. The molecular formula is C14H15N3O2. The Morgan fingerprint density at radius 2 is 1.95 bits per heavy atom. The van der Waals surface area contributed by atoms with Crippen molar-refractivity contribution in [1.82, 2.24) is 9.97 Å². The summed E-state index contributed by atoms with van der Waals surface area (Å²) in [6.45, 7) is 4.08. The van der Waals surface area contributed by atoms with Crippen LogP contribution >= 0.6 is 0 Å². The van der Waals surface area contributed by atoms with Gasteiger partial charge >= 0.3 is 0 Å². The van der Waals surface area contributed by atoms with Crippen molar-refractivity contribution < 1.29 is 9.47 Å². The van der Waals surface area contributed by atoms with Crippen molar-refractivity contribution in [2.24, 2.45) is 5.73 Å². The molecule has 19 heavy (non-hydrogen) atoms. The van der Waals surface area contributed by atoms with Crippen LogP contribution in [0.2, 0.25) is 0 Å². The van der Waals surface area contributed by atoms with E-state index in [0.29, 0.717) is 5.82 Å². The van der Waals surface area contributed by atoms with E-state index in [-0.39, 0.29) is 12.8 Å². The third-order valence-corrected chi connectivity index (χ3v) is 2.95. The van der Waals surface area contributed by atoms with Crippen LogP contribution < -0.4 is 15.2 Å². The lowest BCUT2D eigenvalue weighted by molar-refractivity contribution is 0.174. The largest absolute Gasteiger partial charge is 0.454 e. The molecule has 2 aromatic rings. The summed E-state index contributed by atoms with van der Waals surface area (Å²) in [7, 11) is 0. The fourth-order valence-electron chi connectivity index (χ4n) is 2.00.